The summed E-state index contributed by atoms with van der Waals surface area (Å²) in [7, 11) is -2.45. The van der Waals surface area contributed by atoms with E-state index in [2.05, 4.69) is 59.5 Å². The van der Waals surface area contributed by atoms with Gasteiger partial charge in [-0.1, -0.05) is 33.6 Å². The molecule has 23 N–H and O–H groups in total. The zero-order valence-corrected chi connectivity index (χ0v) is 78.3. The number of unbranched alkanes of at least 4 members (excludes halogenated alkanes) is 2. The van der Waals surface area contributed by atoms with Gasteiger partial charge >= 0.3 is 0 Å². The monoisotopic (exact) mass is 1910 g/mol. The Hall–Kier alpha value is -6.67. The maximum Gasteiger partial charge on any atom is 0.247 e. The third-order valence-corrected chi connectivity index (χ3v) is 33.3. The molecule has 0 radical (unpaired) electrons. The van der Waals surface area contributed by atoms with E-state index >= 15 is 28.8 Å². The lowest BCUT2D eigenvalue weighted by Crippen LogP contribution is -2.68. The molecule has 4 unspecified atom stereocenters. The third-order valence-electron chi connectivity index (χ3n) is 30.9. The number of amides is 8. The Kier molecular flexibility index (Phi) is 33.4. The number of aliphatic hydroxyl groups is 9. The third kappa shape index (κ3) is 23.0. The molecule has 0 aromatic heterocycles. The van der Waals surface area contributed by atoms with Gasteiger partial charge in [0.05, 0.1) is 83.6 Å². The average molecular weight is 1920 g/mol. The first kappa shape index (κ1) is 101. The smallest absolute Gasteiger partial charge is 0.247 e. The summed E-state index contributed by atoms with van der Waals surface area (Å²) in [5, 5.41) is 135. The minimum atomic E-state index is -3.98. The van der Waals surface area contributed by atoms with E-state index < -0.39 is 262 Å². The zero-order valence-electron chi connectivity index (χ0n) is 76.0. The molecule has 15 aliphatic rings. The van der Waals surface area contributed by atoms with Gasteiger partial charge in [-0.05, 0) is 256 Å². The molecule has 6 aliphatic heterocycles. The summed E-state index contributed by atoms with van der Waals surface area (Å²) in [5.41, 5.74) is 11.0. The fourth-order valence-electron chi connectivity index (χ4n) is 23.9. The number of hydrogen-bond acceptors (Lipinski definition) is 28. The number of aliphatic hydroxyl groups excluding tert-OH is 9. The normalized spacial score (nSPS) is 40.3. The standard InChI is InChI=1S/C92H140Cl2N12O25S/c1-7-8-9-23-126-52-14-16-53(17-15-52)132(124,125)99-22-10-21-98-39-56-62(109)36-55-70(80(56)114)54-30-45(11-18-61(54)108)72-87(119)106-76(91(123)104-74(55)89(121)101-71-48-26-43-25-44(28-48)29-49(71)27-43)78(112)47-13-20-64(58(94)32-47)129-66-34-50-33-65(82(66)130-67-35-51(40-107)79(113)81(115)83(67)131-69-38-92(5,96)84(116)42(4)127-69)128-63-19-12-46(31-57(63)93)77(111)75(105-85(117)59(97-6)24-41(2)3)90(122)100-60(37-68(95)110)86(118)102-73(50)88(120)103-72/h14-17,33-34,41-49,51,54-64,67,69-81,83-84,97-99,107-109,111-116H,7-13,18-32,35-40,96H2,1-6H3,(H2,95,110)(H,100,122)(H,101,121)(H,102,118)(H,103,120)(H,104,123)(H,105,117)(H,106,119)/t42-,43?,44?,45-,46-,47-,48?,49?,51+,54?,55?,56?,57+,58-,59+,60-,61+,62-,63+,64+,67+,69-,70?,71?,72+,73+,74-,75+,76-,77+,78+,79+,80-,81-,83-,84+,92-/m0/s1. The predicted molar refractivity (Wildman–Crippen MR) is 479 cm³/mol. The van der Waals surface area contributed by atoms with Crippen LogP contribution in [0.5, 0.6) is 23.0 Å². The molecule has 2 aromatic carbocycles. The van der Waals surface area contributed by atoms with Crippen molar-refractivity contribution in [2.24, 2.45) is 88.4 Å². The number of sulfonamides is 1. The Labute approximate surface area is 780 Å². The van der Waals surface area contributed by atoms with Gasteiger partial charge < -0.3 is 134 Å². The van der Waals surface area contributed by atoms with E-state index in [9.17, 15) is 64.0 Å². The molecule has 9 aliphatic carbocycles. The number of alkyl halides is 2. The highest BCUT2D eigenvalue weighted by atomic mass is 35.5. The Morgan fingerprint density at radius 1 is 0.667 bits per heavy atom. The summed E-state index contributed by atoms with van der Waals surface area (Å²) in [5.74, 6) is -16.4. The van der Waals surface area contributed by atoms with Crippen LogP contribution in [-0.4, -0.2) is 286 Å². The first-order valence-electron chi connectivity index (χ1n) is 47.9. The predicted octanol–water partition coefficient (Wildman–Crippen LogP) is 0.149. The van der Waals surface area contributed by atoms with Crippen molar-refractivity contribution in [3.8, 4) is 23.0 Å². The number of likely N-dealkylation sites (N-methyl/N-ethyl adjacent to an activating group) is 1. The van der Waals surface area contributed by atoms with Gasteiger partial charge in [-0.2, -0.15) is 0 Å². The van der Waals surface area contributed by atoms with E-state index in [1.165, 1.54) is 31.3 Å². The highest BCUT2D eigenvalue weighted by molar-refractivity contribution is 7.89. The van der Waals surface area contributed by atoms with Crippen molar-refractivity contribution in [1.82, 2.24) is 52.6 Å². The number of carbonyl (C=O) groups excluding carboxylic acids is 8. The lowest BCUT2D eigenvalue weighted by molar-refractivity contribution is -0.286. The molecule has 40 heteroatoms. The van der Waals surface area contributed by atoms with Crippen molar-refractivity contribution in [2.45, 2.75) is 337 Å². The molecule has 132 heavy (non-hydrogen) atoms. The van der Waals surface area contributed by atoms with Gasteiger partial charge in [0.2, 0.25) is 63.0 Å². The van der Waals surface area contributed by atoms with Crippen LogP contribution in [0.4, 0.5) is 0 Å². The number of primary amides is 1. The van der Waals surface area contributed by atoms with Crippen LogP contribution in [0.25, 0.3) is 0 Å². The van der Waals surface area contributed by atoms with Crippen molar-refractivity contribution < 1.29 is 121 Å². The molecular weight excluding hydrogens is 1780 g/mol. The van der Waals surface area contributed by atoms with Crippen LogP contribution < -0.4 is 83.0 Å². The van der Waals surface area contributed by atoms with Crippen LogP contribution >= 0.6 is 23.2 Å². The molecular formula is C92H140Cl2N12O25S. The Balaban J connectivity index is 0.867. The first-order chi connectivity index (χ1) is 62.8. The van der Waals surface area contributed by atoms with Crippen LogP contribution in [0.15, 0.2) is 41.3 Å². The number of fused-ring (bicyclic) bond motifs is 15. The number of nitrogens with one attached hydrogen (secondary N) is 10. The molecule has 9 saturated carbocycles. The number of hydrogen-bond donors (Lipinski definition) is 21. The van der Waals surface area contributed by atoms with E-state index in [-0.39, 0.29) is 161 Å². The minimum Gasteiger partial charge on any atom is -0.494 e. The van der Waals surface area contributed by atoms with Gasteiger partial charge in [0, 0.05) is 49.5 Å². The fourth-order valence-corrected chi connectivity index (χ4v) is 25.8. The average Bonchev–Trinajstić information content (AvgIpc) is 0.750. The zero-order chi connectivity index (χ0) is 94.8. The van der Waals surface area contributed by atoms with E-state index in [1.807, 2.05) is 13.8 Å². The molecule has 2 saturated heterocycles. The maximum atomic E-state index is 16.8. The number of halogens is 2. The molecule has 32 atom stereocenters. The summed E-state index contributed by atoms with van der Waals surface area (Å²) in [6, 6.07) is -4.12. The number of carbonyl (C=O) groups is 8. The summed E-state index contributed by atoms with van der Waals surface area (Å²) >= 11 is 15.1. The van der Waals surface area contributed by atoms with Crippen LogP contribution in [0.3, 0.4) is 0 Å². The second kappa shape index (κ2) is 43.6. The van der Waals surface area contributed by atoms with Gasteiger partial charge in [-0.3, -0.25) is 38.4 Å². The second-order valence-electron chi connectivity index (χ2n) is 40.7. The largest absolute Gasteiger partial charge is 0.494 e. The van der Waals surface area contributed by atoms with Crippen molar-refractivity contribution in [3.05, 3.63) is 42.0 Å². The molecule has 17 rings (SSSR count). The van der Waals surface area contributed by atoms with Crippen LogP contribution in [0.1, 0.15) is 194 Å². The van der Waals surface area contributed by atoms with E-state index in [0.29, 0.717) is 24.2 Å². The summed E-state index contributed by atoms with van der Waals surface area (Å²) < 4.78 is 69.8. The van der Waals surface area contributed by atoms with Gasteiger partial charge in [0.25, 0.3) is 0 Å². The second-order valence-corrected chi connectivity index (χ2v) is 43.6. The molecule has 37 nitrogen and oxygen atoms in total. The SMILES string of the molecule is CCCCCOc1ccc(S(=O)(=O)NCCCNCC2[C@H](O)C3C4C[C@H](CC[C@H]4O)[C@H]4NC(=O)[C@@H]5NC(=O)[C@H](CC(N)=O)NC(=O)[C@H](NC(=O)[C@@H](CC(C)C)NC)[C@H](O)[C@H]6CC[C@@H](Oc7cc5cc(c7O[C@@H]5C[C@H](CO)[C@@H](O)[C@H](O)[C@H]5O[C@H]5C[C@](C)(N)[C@H](O)[C@H](C)O5)O[C@@H]5CC[C@@H](C[C@@H]5Cl)[C@@H](O)[C@H](NC4=O)C(=O)N[C@H](C(=O)NC4C5CC7CC(C5)CC4C7)C3C[C@@H]2O)[C@H](Cl)C6)cc1. The summed E-state index contributed by atoms with van der Waals surface area (Å²) in [4.78, 5) is 125. The quantitative estimate of drug-likeness (QED) is 0.0418. The van der Waals surface area contributed by atoms with Gasteiger partial charge in [-0.25, -0.2) is 13.1 Å². The lowest BCUT2D eigenvalue weighted by Gasteiger charge is -2.55. The number of ether oxygens (including phenoxy) is 6. The molecule has 2 aromatic rings. The van der Waals surface area contributed by atoms with Gasteiger partial charge in [0.1, 0.15) is 72.5 Å². The van der Waals surface area contributed by atoms with Gasteiger partial charge in [0.15, 0.2) is 17.8 Å². The fraction of sp³-hybridized carbons (Fsp3) is 0.783. The summed E-state index contributed by atoms with van der Waals surface area (Å²) in [6.07, 6.45) is -14.6. The number of rotatable bonds is 27. The summed E-state index contributed by atoms with van der Waals surface area (Å²) in [6.45, 7) is 8.83. The van der Waals surface area contributed by atoms with Crippen molar-refractivity contribution in [1.29, 1.82) is 0 Å². The van der Waals surface area contributed by atoms with Crippen LogP contribution in [-0.2, 0) is 57.9 Å². The lowest BCUT2D eigenvalue weighted by atomic mass is 9.54. The molecule has 11 fully saturated rings. The van der Waals surface area contributed by atoms with Crippen molar-refractivity contribution in [3.63, 3.8) is 0 Å². The Morgan fingerprint density at radius 2 is 1.30 bits per heavy atom. The molecule has 6 heterocycles. The van der Waals surface area contributed by atoms with E-state index in [0.717, 1.165) is 51.4 Å². The topological polar surface area (TPSA) is 580 Å². The molecule has 8 amide bonds. The van der Waals surface area contributed by atoms with E-state index in [4.69, 9.17) is 63.1 Å². The van der Waals surface area contributed by atoms with Crippen molar-refractivity contribution in [2.75, 3.05) is 39.9 Å². The van der Waals surface area contributed by atoms with Crippen LogP contribution in [0, 0.1) is 76.9 Å². The van der Waals surface area contributed by atoms with Gasteiger partial charge in [-0.15, -0.1) is 23.2 Å². The van der Waals surface area contributed by atoms with Crippen LogP contribution in [0.2, 0.25) is 0 Å². The highest BCUT2D eigenvalue weighted by Gasteiger charge is 2.59. The Bertz CT molecular complexity index is 4450. The minimum absolute atomic E-state index is 0.00664. The maximum absolute atomic E-state index is 16.8. The molecule has 0 spiro atoms. The van der Waals surface area contributed by atoms with E-state index in [1.54, 1.807) is 26.0 Å². The first-order valence-corrected chi connectivity index (χ1v) is 50.3. The highest BCUT2D eigenvalue weighted by Crippen LogP contribution is 2.55. The Morgan fingerprint density at radius 3 is 1.92 bits per heavy atom. The number of nitrogens with two attached hydrogens (primary N) is 2. The number of benzene rings is 2. The molecule has 738 valence electrons. The van der Waals surface area contributed by atoms with Crippen molar-refractivity contribution >= 4 is 80.5 Å². The molecule has 15 bridgehead atoms.